The molecule has 0 spiro atoms. The quantitative estimate of drug-likeness (QED) is 0.699. The summed E-state index contributed by atoms with van der Waals surface area (Å²) in [5.41, 5.74) is 0. The maximum absolute atomic E-state index is 12.0. The van der Waals surface area contributed by atoms with Crippen molar-refractivity contribution in [2.45, 2.75) is 25.5 Å². The molecule has 2 amide bonds. The van der Waals surface area contributed by atoms with E-state index in [1.165, 1.54) is 0 Å². The normalized spacial score (nSPS) is 30.3. The van der Waals surface area contributed by atoms with Crippen LogP contribution in [0.4, 0.5) is 0 Å². The van der Waals surface area contributed by atoms with Gasteiger partial charge in [0.25, 0.3) is 0 Å². The fourth-order valence-corrected chi connectivity index (χ4v) is 2.09. The van der Waals surface area contributed by atoms with Gasteiger partial charge >= 0.3 is 0 Å². The first kappa shape index (κ1) is 12.3. The molecule has 1 N–H and O–H groups in total. The first-order valence-electron chi connectivity index (χ1n) is 5.98. The van der Waals surface area contributed by atoms with Gasteiger partial charge in [-0.25, -0.2) is 0 Å². The fourth-order valence-electron chi connectivity index (χ4n) is 2.09. The van der Waals surface area contributed by atoms with E-state index in [-0.39, 0.29) is 30.5 Å². The fraction of sp³-hybridized carbons (Fsp3) is 0.818. The molecule has 2 rings (SSSR count). The van der Waals surface area contributed by atoms with Crippen LogP contribution in [0.15, 0.2) is 0 Å². The standard InChI is InChI=1S/C11H18N2O4/c1-2-9-11(15)13(6-10(14)12-9)5-8-7-16-3-4-17-8/h8-9H,2-7H2,1H3,(H,12,14). The molecule has 0 radical (unpaired) electrons. The van der Waals surface area contributed by atoms with Gasteiger partial charge in [-0.15, -0.1) is 0 Å². The lowest BCUT2D eigenvalue weighted by atomic mass is 10.1. The number of piperazine rings is 1. The van der Waals surface area contributed by atoms with Crippen molar-refractivity contribution < 1.29 is 19.1 Å². The van der Waals surface area contributed by atoms with E-state index in [0.29, 0.717) is 32.8 Å². The minimum Gasteiger partial charge on any atom is -0.376 e. The third-order valence-electron chi connectivity index (χ3n) is 3.00. The molecular weight excluding hydrogens is 224 g/mol. The highest BCUT2D eigenvalue weighted by atomic mass is 16.6. The van der Waals surface area contributed by atoms with Gasteiger partial charge in [0.2, 0.25) is 11.8 Å². The molecule has 17 heavy (non-hydrogen) atoms. The van der Waals surface area contributed by atoms with Gasteiger partial charge in [0, 0.05) is 6.54 Å². The number of nitrogens with zero attached hydrogens (tertiary/aromatic N) is 1. The Morgan fingerprint density at radius 3 is 2.88 bits per heavy atom. The van der Waals surface area contributed by atoms with Crippen LogP contribution in [0, 0.1) is 0 Å². The van der Waals surface area contributed by atoms with E-state index < -0.39 is 0 Å². The summed E-state index contributed by atoms with van der Waals surface area (Å²) in [6, 6.07) is -0.388. The van der Waals surface area contributed by atoms with Crippen LogP contribution in [0.1, 0.15) is 13.3 Å². The number of ether oxygens (including phenoxy) is 2. The molecule has 2 heterocycles. The Kier molecular flexibility index (Phi) is 3.96. The lowest BCUT2D eigenvalue weighted by Crippen LogP contribution is -2.59. The van der Waals surface area contributed by atoms with E-state index in [9.17, 15) is 9.59 Å². The maximum atomic E-state index is 12.0. The molecule has 2 saturated heterocycles. The highest BCUT2D eigenvalue weighted by Crippen LogP contribution is 2.09. The highest BCUT2D eigenvalue weighted by Gasteiger charge is 2.33. The van der Waals surface area contributed by atoms with Crippen molar-refractivity contribution >= 4 is 11.8 Å². The number of hydrogen-bond acceptors (Lipinski definition) is 4. The van der Waals surface area contributed by atoms with E-state index in [1.54, 1.807) is 4.90 Å². The van der Waals surface area contributed by atoms with Crippen LogP contribution in [0.25, 0.3) is 0 Å². The summed E-state index contributed by atoms with van der Waals surface area (Å²) in [5.74, 6) is -0.130. The monoisotopic (exact) mass is 242 g/mol. The highest BCUT2D eigenvalue weighted by molar-refractivity contribution is 5.94. The Morgan fingerprint density at radius 2 is 2.24 bits per heavy atom. The van der Waals surface area contributed by atoms with Crippen LogP contribution >= 0.6 is 0 Å². The van der Waals surface area contributed by atoms with Crippen LogP contribution < -0.4 is 5.32 Å². The number of hydrogen-bond donors (Lipinski definition) is 1. The van der Waals surface area contributed by atoms with E-state index >= 15 is 0 Å². The summed E-state index contributed by atoms with van der Waals surface area (Å²) in [6.45, 7) is 4.07. The van der Waals surface area contributed by atoms with Crippen molar-refractivity contribution in [3.63, 3.8) is 0 Å². The zero-order chi connectivity index (χ0) is 12.3. The van der Waals surface area contributed by atoms with E-state index in [0.717, 1.165) is 0 Å². The second-order valence-corrected chi connectivity index (χ2v) is 4.31. The largest absolute Gasteiger partial charge is 0.376 e. The summed E-state index contributed by atoms with van der Waals surface area (Å²) in [6.07, 6.45) is 0.499. The van der Waals surface area contributed by atoms with Gasteiger partial charge in [0.1, 0.15) is 6.04 Å². The van der Waals surface area contributed by atoms with Crippen molar-refractivity contribution in [3.8, 4) is 0 Å². The molecule has 0 aromatic rings. The maximum Gasteiger partial charge on any atom is 0.245 e. The summed E-state index contributed by atoms with van der Waals surface area (Å²) in [7, 11) is 0. The predicted octanol–water partition coefficient (Wildman–Crippen LogP) is -0.861. The van der Waals surface area contributed by atoms with Crippen molar-refractivity contribution in [1.29, 1.82) is 0 Å². The molecule has 0 saturated carbocycles. The van der Waals surface area contributed by atoms with Gasteiger partial charge in [-0.2, -0.15) is 0 Å². The molecule has 0 bridgehead atoms. The zero-order valence-corrected chi connectivity index (χ0v) is 9.98. The SMILES string of the molecule is CCC1NC(=O)CN(CC2COCCO2)C1=O. The summed E-state index contributed by atoms with van der Waals surface area (Å²) < 4.78 is 10.8. The predicted molar refractivity (Wildman–Crippen MR) is 59.4 cm³/mol. The molecule has 2 atom stereocenters. The molecule has 0 aromatic heterocycles. The molecule has 2 fully saturated rings. The van der Waals surface area contributed by atoms with Crippen LogP contribution in [0.3, 0.4) is 0 Å². The van der Waals surface area contributed by atoms with E-state index in [4.69, 9.17) is 9.47 Å². The Balaban J connectivity index is 1.93. The van der Waals surface area contributed by atoms with Gasteiger partial charge in [0.15, 0.2) is 0 Å². The Hall–Kier alpha value is -1.14. The molecule has 2 aliphatic rings. The average Bonchev–Trinajstić information content (AvgIpc) is 2.34. The molecule has 0 aromatic carbocycles. The third-order valence-corrected chi connectivity index (χ3v) is 3.00. The smallest absolute Gasteiger partial charge is 0.245 e. The molecule has 6 heteroatoms. The lowest BCUT2D eigenvalue weighted by molar-refractivity contribution is -0.150. The Bertz CT molecular complexity index is 302. The Labute approximate surface area is 100 Å². The molecular formula is C11H18N2O4. The van der Waals surface area contributed by atoms with Crippen molar-refractivity contribution in [2.75, 3.05) is 32.9 Å². The summed E-state index contributed by atoms with van der Waals surface area (Å²) in [5, 5.41) is 2.68. The van der Waals surface area contributed by atoms with E-state index in [1.807, 2.05) is 6.92 Å². The van der Waals surface area contributed by atoms with Gasteiger partial charge in [-0.05, 0) is 6.42 Å². The van der Waals surface area contributed by atoms with Crippen molar-refractivity contribution in [2.24, 2.45) is 0 Å². The minimum atomic E-state index is -0.388. The van der Waals surface area contributed by atoms with Gasteiger partial charge in [-0.3, -0.25) is 9.59 Å². The van der Waals surface area contributed by atoms with Crippen LogP contribution in [0.2, 0.25) is 0 Å². The second kappa shape index (κ2) is 5.46. The van der Waals surface area contributed by atoms with Gasteiger partial charge in [0.05, 0.1) is 32.5 Å². The number of amides is 2. The molecule has 96 valence electrons. The molecule has 0 aliphatic carbocycles. The summed E-state index contributed by atoms with van der Waals surface area (Å²) >= 11 is 0. The van der Waals surface area contributed by atoms with Gasteiger partial charge < -0.3 is 19.7 Å². The zero-order valence-electron chi connectivity index (χ0n) is 9.98. The topological polar surface area (TPSA) is 67.9 Å². The number of carbonyl (C=O) groups excluding carboxylic acids is 2. The number of rotatable bonds is 3. The van der Waals surface area contributed by atoms with Gasteiger partial charge in [-0.1, -0.05) is 6.92 Å². The number of carbonyl (C=O) groups is 2. The molecule has 6 nitrogen and oxygen atoms in total. The van der Waals surface area contributed by atoms with E-state index in [2.05, 4.69) is 5.32 Å². The van der Waals surface area contributed by atoms with Crippen LogP contribution in [-0.4, -0.2) is 61.8 Å². The third kappa shape index (κ3) is 2.95. The number of nitrogens with one attached hydrogen (secondary N) is 1. The minimum absolute atomic E-state index is 0.0266. The van der Waals surface area contributed by atoms with Crippen LogP contribution in [0.5, 0.6) is 0 Å². The van der Waals surface area contributed by atoms with Crippen molar-refractivity contribution in [3.05, 3.63) is 0 Å². The van der Waals surface area contributed by atoms with Crippen molar-refractivity contribution in [1.82, 2.24) is 10.2 Å². The second-order valence-electron chi connectivity index (χ2n) is 4.31. The molecule has 2 aliphatic heterocycles. The summed E-state index contributed by atoms with van der Waals surface area (Å²) in [4.78, 5) is 25.0. The van der Waals surface area contributed by atoms with Crippen LogP contribution in [-0.2, 0) is 19.1 Å². The Morgan fingerprint density at radius 1 is 1.41 bits per heavy atom. The average molecular weight is 242 g/mol. The lowest BCUT2D eigenvalue weighted by Gasteiger charge is -2.35. The first-order valence-corrected chi connectivity index (χ1v) is 5.98. The first-order chi connectivity index (χ1) is 8.20. The molecule has 2 unspecified atom stereocenters.